The van der Waals surface area contributed by atoms with Gasteiger partial charge in [-0.1, -0.05) is 26.2 Å². The van der Waals surface area contributed by atoms with Crippen LogP contribution < -0.4 is 5.32 Å². The molecule has 1 N–H and O–H groups in total. The number of hydrogen-bond donors (Lipinski definition) is 1. The highest BCUT2D eigenvalue weighted by atomic mass is 15.2. The second-order valence-electron chi connectivity index (χ2n) is 5.33. The molecule has 2 heterocycles. The molecule has 3 atom stereocenters. The first kappa shape index (κ1) is 11.4. The summed E-state index contributed by atoms with van der Waals surface area (Å²) in [5.41, 5.74) is 0. The highest BCUT2D eigenvalue weighted by molar-refractivity contribution is 4.90. The predicted octanol–water partition coefficient (Wildman–Crippen LogP) is 2.25. The number of nitrogens with one attached hydrogen (secondary N) is 1. The minimum Gasteiger partial charge on any atom is -0.315 e. The fraction of sp³-hybridized carbons (Fsp3) is 1.00. The Labute approximate surface area is 94.4 Å². The molecule has 2 rings (SSSR count). The summed E-state index contributed by atoms with van der Waals surface area (Å²) in [6.45, 7) is 8.57. The van der Waals surface area contributed by atoms with Crippen LogP contribution in [0.5, 0.6) is 0 Å². The third kappa shape index (κ3) is 2.54. The Morgan fingerprint density at radius 3 is 2.87 bits per heavy atom. The van der Waals surface area contributed by atoms with Gasteiger partial charge >= 0.3 is 0 Å². The van der Waals surface area contributed by atoms with Crippen LogP contribution in [-0.2, 0) is 0 Å². The summed E-state index contributed by atoms with van der Waals surface area (Å²) in [6, 6.07) is 1.63. The van der Waals surface area contributed by atoms with E-state index in [1.54, 1.807) is 0 Å². The van der Waals surface area contributed by atoms with Gasteiger partial charge in [-0.25, -0.2) is 0 Å². The normalized spacial score (nSPS) is 39.2. The van der Waals surface area contributed by atoms with Gasteiger partial charge in [0.1, 0.15) is 0 Å². The number of rotatable bonds is 2. The highest BCUT2D eigenvalue weighted by Gasteiger charge is 2.33. The van der Waals surface area contributed by atoms with Gasteiger partial charge in [-0.05, 0) is 38.8 Å². The van der Waals surface area contributed by atoms with Crippen LogP contribution in [0.25, 0.3) is 0 Å². The largest absolute Gasteiger partial charge is 0.315 e. The van der Waals surface area contributed by atoms with E-state index in [-0.39, 0.29) is 0 Å². The van der Waals surface area contributed by atoms with Gasteiger partial charge in [-0.3, -0.25) is 4.90 Å². The Morgan fingerprint density at radius 1 is 1.20 bits per heavy atom. The zero-order valence-electron chi connectivity index (χ0n) is 10.3. The fourth-order valence-corrected chi connectivity index (χ4v) is 3.31. The standard InChI is InChI=1S/C13H26N2/c1-3-12-9-14-10-13(12)15-8-6-4-5-7-11(15)2/h11-14H,3-10H2,1-2H3. The lowest BCUT2D eigenvalue weighted by Gasteiger charge is -2.35. The van der Waals surface area contributed by atoms with Crippen molar-refractivity contribution >= 4 is 0 Å². The van der Waals surface area contributed by atoms with Gasteiger partial charge in [-0.15, -0.1) is 0 Å². The van der Waals surface area contributed by atoms with Crippen molar-refractivity contribution in [2.45, 2.75) is 58.0 Å². The molecular weight excluding hydrogens is 184 g/mol. The topological polar surface area (TPSA) is 15.3 Å². The van der Waals surface area contributed by atoms with E-state index in [4.69, 9.17) is 0 Å². The predicted molar refractivity (Wildman–Crippen MR) is 65.1 cm³/mol. The molecule has 0 aromatic carbocycles. The van der Waals surface area contributed by atoms with Gasteiger partial charge in [0.2, 0.25) is 0 Å². The lowest BCUT2D eigenvalue weighted by molar-refractivity contribution is 0.126. The fourth-order valence-electron chi connectivity index (χ4n) is 3.31. The van der Waals surface area contributed by atoms with Crippen LogP contribution in [0.15, 0.2) is 0 Å². The minimum absolute atomic E-state index is 0.812. The first-order valence-electron chi connectivity index (χ1n) is 6.79. The Kier molecular flexibility index (Phi) is 4.04. The van der Waals surface area contributed by atoms with Crippen molar-refractivity contribution < 1.29 is 0 Å². The van der Waals surface area contributed by atoms with E-state index in [0.717, 1.165) is 18.0 Å². The van der Waals surface area contributed by atoms with E-state index >= 15 is 0 Å². The SMILES string of the molecule is CCC1CNCC1N1CCCCCC1C. The average Bonchev–Trinajstić information content (AvgIpc) is 2.61. The molecule has 2 fully saturated rings. The Balaban J connectivity index is 1.99. The third-order valence-electron chi connectivity index (χ3n) is 4.36. The van der Waals surface area contributed by atoms with E-state index in [9.17, 15) is 0 Å². The van der Waals surface area contributed by atoms with Crippen LogP contribution in [0.1, 0.15) is 46.0 Å². The van der Waals surface area contributed by atoms with Crippen LogP contribution in [0.3, 0.4) is 0 Å². The second-order valence-corrected chi connectivity index (χ2v) is 5.33. The maximum absolute atomic E-state index is 3.57. The van der Waals surface area contributed by atoms with E-state index in [1.165, 1.54) is 51.7 Å². The molecule has 2 saturated heterocycles. The number of hydrogen-bond acceptors (Lipinski definition) is 2. The first-order chi connectivity index (χ1) is 7.33. The molecule has 2 aliphatic rings. The van der Waals surface area contributed by atoms with E-state index in [2.05, 4.69) is 24.1 Å². The number of nitrogens with zero attached hydrogens (tertiary/aromatic N) is 1. The summed E-state index contributed by atoms with van der Waals surface area (Å²) in [7, 11) is 0. The summed E-state index contributed by atoms with van der Waals surface area (Å²) in [5, 5.41) is 3.57. The molecule has 0 bridgehead atoms. The van der Waals surface area contributed by atoms with Crippen molar-refractivity contribution in [3.8, 4) is 0 Å². The van der Waals surface area contributed by atoms with Crippen molar-refractivity contribution in [3.05, 3.63) is 0 Å². The zero-order valence-corrected chi connectivity index (χ0v) is 10.3. The summed E-state index contributed by atoms with van der Waals surface area (Å²) in [5.74, 6) is 0.894. The third-order valence-corrected chi connectivity index (χ3v) is 4.36. The number of likely N-dealkylation sites (tertiary alicyclic amines) is 1. The molecule has 0 saturated carbocycles. The maximum atomic E-state index is 3.57. The molecule has 2 aliphatic heterocycles. The molecule has 88 valence electrons. The van der Waals surface area contributed by atoms with Crippen LogP contribution in [0.4, 0.5) is 0 Å². The van der Waals surface area contributed by atoms with Crippen molar-refractivity contribution in [2.75, 3.05) is 19.6 Å². The molecule has 2 nitrogen and oxygen atoms in total. The summed E-state index contributed by atoms with van der Waals surface area (Å²) in [6.07, 6.45) is 7.04. The molecule has 0 aromatic heterocycles. The lowest BCUT2D eigenvalue weighted by Crippen LogP contribution is -2.45. The summed E-state index contributed by atoms with van der Waals surface area (Å²) >= 11 is 0. The molecule has 0 spiro atoms. The molecule has 0 radical (unpaired) electrons. The van der Waals surface area contributed by atoms with E-state index in [0.29, 0.717) is 0 Å². The Morgan fingerprint density at radius 2 is 2.07 bits per heavy atom. The van der Waals surface area contributed by atoms with Crippen molar-refractivity contribution in [3.63, 3.8) is 0 Å². The molecule has 0 aromatic rings. The van der Waals surface area contributed by atoms with Gasteiger partial charge in [0.25, 0.3) is 0 Å². The van der Waals surface area contributed by atoms with Crippen LogP contribution >= 0.6 is 0 Å². The van der Waals surface area contributed by atoms with Crippen molar-refractivity contribution in [1.29, 1.82) is 0 Å². The van der Waals surface area contributed by atoms with Crippen molar-refractivity contribution in [1.82, 2.24) is 10.2 Å². The molecule has 0 amide bonds. The zero-order chi connectivity index (χ0) is 10.7. The molecule has 3 unspecified atom stereocenters. The summed E-state index contributed by atoms with van der Waals surface area (Å²) < 4.78 is 0. The lowest BCUT2D eigenvalue weighted by atomic mass is 9.97. The van der Waals surface area contributed by atoms with Gasteiger partial charge < -0.3 is 5.32 Å². The quantitative estimate of drug-likeness (QED) is 0.752. The van der Waals surface area contributed by atoms with Gasteiger partial charge in [-0.2, -0.15) is 0 Å². The highest BCUT2D eigenvalue weighted by Crippen LogP contribution is 2.25. The van der Waals surface area contributed by atoms with Crippen LogP contribution in [0, 0.1) is 5.92 Å². The first-order valence-corrected chi connectivity index (χ1v) is 6.79. The van der Waals surface area contributed by atoms with Crippen LogP contribution in [-0.4, -0.2) is 36.6 Å². The van der Waals surface area contributed by atoms with Gasteiger partial charge in [0.15, 0.2) is 0 Å². The second kappa shape index (κ2) is 5.31. The molecule has 0 aliphatic carbocycles. The average molecular weight is 210 g/mol. The Bertz CT molecular complexity index is 193. The van der Waals surface area contributed by atoms with Crippen LogP contribution in [0.2, 0.25) is 0 Å². The Hall–Kier alpha value is -0.0800. The monoisotopic (exact) mass is 210 g/mol. The smallest absolute Gasteiger partial charge is 0.0263 e. The minimum atomic E-state index is 0.812. The maximum Gasteiger partial charge on any atom is 0.0263 e. The van der Waals surface area contributed by atoms with Gasteiger partial charge in [0.05, 0.1) is 0 Å². The molecule has 2 heteroatoms. The molecular formula is C13H26N2. The van der Waals surface area contributed by atoms with E-state index < -0.39 is 0 Å². The van der Waals surface area contributed by atoms with Crippen molar-refractivity contribution in [2.24, 2.45) is 5.92 Å². The van der Waals surface area contributed by atoms with Gasteiger partial charge in [0, 0.05) is 18.6 Å². The summed E-state index contributed by atoms with van der Waals surface area (Å²) in [4.78, 5) is 2.79. The molecule has 15 heavy (non-hydrogen) atoms. The van der Waals surface area contributed by atoms with E-state index in [1.807, 2.05) is 0 Å².